The Morgan fingerprint density at radius 3 is 2.53 bits per heavy atom. The normalized spacial score (nSPS) is 17.5. The van der Waals surface area contributed by atoms with Crippen molar-refractivity contribution in [1.29, 1.82) is 0 Å². The molecule has 0 atom stereocenters. The molecule has 8 nitrogen and oxygen atoms in total. The summed E-state index contributed by atoms with van der Waals surface area (Å²) >= 11 is 0. The van der Waals surface area contributed by atoms with Gasteiger partial charge in [-0.1, -0.05) is 43.1 Å². The number of nitrogens with zero attached hydrogens (tertiary/aromatic N) is 5. The number of benzene rings is 1. The van der Waals surface area contributed by atoms with Crippen molar-refractivity contribution in [2.45, 2.75) is 38.0 Å². The molecule has 2 aromatic rings. The highest BCUT2D eigenvalue weighted by atomic mass is 16.6. The van der Waals surface area contributed by atoms with E-state index >= 15 is 0 Å². The molecule has 32 heavy (non-hydrogen) atoms. The van der Waals surface area contributed by atoms with Crippen molar-refractivity contribution in [1.82, 2.24) is 14.9 Å². The molecule has 8 heteroatoms. The Morgan fingerprint density at radius 2 is 1.84 bits per heavy atom. The van der Waals surface area contributed by atoms with Gasteiger partial charge in [-0.3, -0.25) is 0 Å². The Kier molecular flexibility index (Phi) is 7.09. The zero-order valence-electron chi connectivity index (χ0n) is 18.8. The molecule has 3 N–H and O–H groups in total. The third kappa shape index (κ3) is 5.12. The summed E-state index contributed by atoms with van der Waals surface area (Å²) in [6.07, 6.45) is 9.79. The van der Waals surface area contributed by atoms with Crippen LogP contribution in [0.2, 0.25) is 0 Å². The summed E-state index contributed by atoms with van der Waals surface area (Å²) in [5.74, 6) is 2.80. The van der Waals surface area contributed by atoms with Crippen molar-refractivity contribution in [2.75, 3.05) is 49.2 Å². The molecular weight excluding hydrogens is 402 g/mol. The predicted molar refractivity (Wildman–Crippen MR) is 130 cm³/mol. The summed E-state index contributed by atoms with van der Waals surface area (Å²) in [5.41, 5.74) is 9.25. The van der Waals surface area contributed by atoms with Gasteiger partial charge in [0.05, 0.1) is 17.6 Å². The highest BCUT2D eigenvalue weighted by Gasteiger charge is 2.22. The van der Waals surface area contributed by atoms with Crippen molar-refractivity contribution in [3.63, 3.8) is 0 Å². The molecule has 0 spiro atoms. The summed E-state index contributed by atoms with van der Waals surface area (Å²) in [6, 6.07) is 8.89. The lowest BCUT2D eigenvalue weighted by molar-refractivity contribution is 0.215. The van der Waals surface area contributed by atoms with Crippen molar-refractivity contribution in [3.8, 4) is 0 Å². The number of rotatable bonds is 7. The number of nitrogens with one attached hydrogen (secondary N) is 1. The Morgan fingerprint density at radius 1 is 1.12 bits per heavy atom. The second-order valence-electron chi connectivity index (χ2n) is 8.42. The van der Waals surface area contributed by atoms with Crippen LogP contribution in [0.25, 0.3) is 0 Å². The molecule has 2 fully saturated rings. The Hall–Kier alpha value is -3.29. The lowest BCUT2D eigenvalue weighted by atomic mass is 9.84. The molecule has 1 aliphatic heterocycles. The smallest absolute Gasteiger partial charge is 0.143 e. The van der Waals surface area contributed by atoms with E-state index in [0.717, 1.165) is 49.4 Å². The van der Waals surface area contributed by atoms with Crippen LogP contribution < -0.4 is 16.0 Å². The van der Waals surface area contributed by atoms with Crippen LogP contribution in [-0.4, -0.2) is 54.4 Å². The van der Waals surface area contributed by atoms with Crippen LogP contribution in [-0.2, 0) is 4.84 Å². The lowest BCUT2D eigenvalue weighted by Crippen LogP contribution is -2.47. The maximum absolute atomic E-state index is 6.03. The van der Waals surface area contributed by atoms with Gasteiger partial charge in [-0.2, -0.15) is 0 Å². The van der Waals surface area contributed by atoms with Crippen molar-refractivity contribution < 1.29 is 4.84 Å². The summed E-state index contributed by atoms with van der Waals surface area (Å²) in [5, 5.41) is 7.31. The zero-order valence-corrected chi connectivity index (χ0v) is 18.8. The highest BCUT2D eigenvalue weighted by molar-refractivity contribution is 5.91. The second-order valence-corrected chi connectivity index (χ2v) is 8.42. The first-order chi connectivity index (χ1) is 15.7. The van der Waals surface area contributed by atoms with E-state index in [9.17, 15) is 0 Å². The summed E-state index contributed by atoms with van der Waals surface area (Å²) in [6.45, 7) is 7.52. The molecule has 1 saturated carbocycles. The van der Waals surface area contributed by atoms with Gasteiger partial charge in [0.15, 0.2) is 0 Å². The maximum atomic E-state index is 6.03. The Balaban J connectivity index is 1.33. The molecule has 0 radical (unpaired) electrons. The predicted octanol–water partition coefficient (Wildman–Crippen LogP) is 3.79. The monoisotopic (exact) mass is 435 g/mol. The number of nitrogens with two attached hydrogens (primary N) is 1. The standard InChI is InChI=1S/C24H33N7O/c1-18(29-21-10-8-20(9-11-21)19-6-4-3-5-7-19)30-12-14-31(15-13-30)24-22(16-28-32-2)23(25)26-17-27-24/h8-11,16-17,19,29H,1,3-7,12-15H2,2H3,(H2,25,26,27)/b28-16-. The van der Waals surface area contributed by atoms with E-state index in [4.69, 9.17) is 10.6 Å². The van der Waals surface area contributed by atoms with Crippen LogP contribution in [0.3, 0.4) is 0 Å². The largest absolute Gasteiger partial charge is 0.399 e. The molecule has 0 amide bonds. The van der Waals surface area contributed by atoms with E-state index < -0.39 is 0 Å². The number of oxime groups is 1. The topological polar surface area (TPSA) is 91.9 Å². The molecule has 0 bridgehead atoms. The Labute approximate surface area is 190 Å². The zero-order chi connectivity index (χ0) is 22.3. The van der Waals surface area contributed by atoms with Gasteiger partial charge in [-0.05, 0) is 36.5 Å². The van der Waals surface area contributed by atoms with Crippen LogP contribution in [0.1, 0.15) is 49.1 Å². The van der Waals surface area contributed by atoms with Crippen LogP contribution in [0.5, 0.6) is 0 Å². The average Bonchev–Trinajstić information content (AvgIpc) is 2.84. The minimum Gasteiger partial charge on any atom is -0.399 e. The molecule has 0 unspecified atom stereocenters. The number of piperazine rings is 1. The van der Waals surface area contributed by atoms with E-state index in [2.05, 4.69) is 61.1 Å². The Bertz CT molecular complexity index is 930. The van der Waals surface area contributed by atoms with Crippen LogP contribution >= 0.6 is 0 Å². The van der Waals surface area contributed by atoms with Gasteiger partial charge in [0.25, 0.3) is 0 Å². The second kappa shape index (κ2) is 10.3. The number of hydrogen-bond acceptors (Lipinski definition) is 8. The first kappa shape index (κ1) is 21.9. The first-order valence-corrected chi connectivity index (χ1v) is 11.4. The molecule has 2 heterocycles. The molecule has 1 saturated heterocycles. The van der Waals surface area contributed by atoms with Crippen LogP contribution in [0, 0.1) is 0 Å². The fraction of sp³-hybridized carbons (Fsp3) is 0.458. The van der Waals surface area contributed by atoms with E-state index in [1.165, 1.54) is 51.1 Å². The number of aromatic nitrogens is 2. The molecule has 4 rings (SSSR count). The minimum atomic E-state index is 0.390. The van der Waals surface area contributed by atoms with Crippen LogP contribution in [0.4, 0.5) is 17.3 Å². The van der Waals surface area contributed by atoms with Crippen molar-refractivity contribution in [2.24, 2.45) is 5.16 Å². The van der Waals surface area contributed by atoms with Crippen LogP contribution in [0.15, 0.2) is 48.1 Å². The summed E-state index contributed by atoms with van der Waals surface area (Å²) in [7, 11) is 1.50. The quantitative estimate of drug-likeness (QED) is 0.505. The van der Waals surface area contributed by atoms with Gasteiger partial charge in [-0.25, -0.2) is 9.97 Å². The molecule has 1 aliphatic carbocycles. The summed E-state index contributed by atoms with van der Waals surface area (Å²) < 4.78 is 0. The van der Waals surface area contributed by atoms with Gasteiger partial charge in [0, 0.05) is 31.9 Å². The van der Waals surface area contributed by atoms with Gasteiger partial charge in [0.1, 0.15) is 25.1 Å². The van der Waals surface area contributed by atoms with Gasteiger partial charge < -0.3 is 25.7 Å². The van der Waals surface area contributed by atoms with E-state index in [1.807, 2.05) is 0 Å². The first-order valence-electron chi connectivity index (χ1n) is 11.4. The summed E-state index contributed by atoms with van der Waals surface area (Å²) in [4.78, 5) is 17.8. The molecule has 1 aromatic carbocycles. The van der Waals surface area contributed by atoms with E-state index in [-0.39, 0.29) is 0 Å². The van der Waals surface area contributed by atoms with Gasteiger partial charge in [0.2, 0.25) is 0 Å². The number of anilines is 3. The average molecular weight is 436 g/mol. The minimum absolute atomic E-state index is 0.390. The van der Waals surface area contributed by atoms with Crippen molar-refractivity contribution in [3.05, 3.63) is 54.1 Å². The fourth-order valence-corrected chi connectivity index (χ4v) is 4.59. The SMILES string of the molecule is C=C(Nc1ccc(C2CCCCC2)cc1)N1CCN(c2ncnc(N)c2/C=N\OC)CC1. The lowest BCUT2D eigenvalue weighted by Gasteiger charge is -2.38. The van der Waals surface area contributed by atoms with E-state index in [0.29, 0.717) is 11.4 Å². The molecule has 2 aliphatic rings. The molecular formula is C24H33N7O. The molecule has 170 valence electrons. The highest BCUT2D eigenvalue weighted by Crippen LogP contribution is 2.33. The fourth-order valence-electron chi connectivity index (χ4n) is 4.59. The number of hydrogen-bond donors (Lipinski definition) is 2. The maximum Gasteiger partial charge on any atom is 0.143 e. The number of nitrogen functional groups attached to an aromatic ring is 1. The van der Waals surface area contributed by atoms with E-state index in [1.54, 1.807) is 6.21 Å². The van der Waals surface area contributed by atoms with Gasteiger partial charge in [-0.15, -0.1) is 0 Å². The van der Waals surface area contributed by atoms with Crippen molar-refractivity contribution >= 4 is 23.5 Å². The van der Waals surface area contributed by atoms with Gasteiger partial charge >= 0.3 is 0 Å². The third-order valence-corrected chi connectivity index (χ3v) is 6.42. The third-order valence-electron chi connectivity index (χ3n) is 6.42. The molecule has 1 aromatic heterocycles.